The second kappa shape index (κ2) is 6.02. The van der Waals surface area contributed by atoms with Gasteiger partial charge in [-0.25, -0.2) is 0 Å². The molecule has 2 N–H and O–H groups in total. The highest BCUT2D eigenvalue weighted by atomic mass is 16.3. The molecule has 0 unspecified atom stereocenters. The summed E-state index contributed by atoms with van der Waals surface area (Å²) in [7, 11) is 0. The highest BCUT2D eigenvalue weighted by Crippen LogP contribution is 2.31. The van der Waals surface area contributed by atoms with E-state index in [-0.39, 0.29) is 18.9 Å². The first-order valence-electron chi connectivity index (χ1n) is 7.24. The molecule has 2 aliphatic rings. The first-order chi connectivity index (χ1) is 8.63. The molecule has 4 heteroatoms. The van der Waals surface area contributed by atoms with Crippen LogP contribution in [0.25, 0.3) is 0 Å². The second-order valence-corrected chi connectivity index (χ2v) is 5.97. The highest BCUT2D eigenvalue weighted by Gasteiger charge is 2.34. The number of carbonyl (C=O) groups excluding carboxylic acids is 1. The van der Waals surface area contributed by atoms with Gasteiger partial charge in [0.1, 0.15) is 0 Å². The zero-order valence-corrected chi connectivity index (χ0v) is 11.1. The van der Waals surface area contributed by atoms with Gasteiger partial charge in [-0.05, 0) is 31.6 Å². The van der Waals surface area contributed by atoms with Crippen LogP contribution in [0.2, 0.25) is 0 Å². The van der Waals surface area contributed by atoms with Crippen LogP contribution < -0.4 is 0 Å². The fraction of sp³-hybridized carbons (Fsp3) is 0.929. The Kier molecular flexibility index (Phi) is 4.62. The summed E-state index contributed by atoms with van der Waals surface area (Å²) in [6, 6.07) is 0. The predicted octanol–water partition coefficient (Wildman–Crippen LogP) is 1.30. The van der Waals surface area contributed by atoms with Crippen molar-refractivity contribution in [1.29, 1.82) is 0 Å². The topological polar surface area (TPSA) is 60.8 Å². The van der Waals surface area contributed by atoms with Gasteiger partial charge in [-0.2, -0.15) is 0 Å². The number of hydrogen-bond acceptors (Lipinski definition) is 3. The van der Waals surface area contributed by atoms with E-state index < -0.39 is 5.60 Å². The maximum Gasteiger partial charge on any atom is 0.225 e. The Hall–Kier alpha value is -0.610. The van der Waals surface area contributed by atoms with Crippen LogP contribution in [0.15, 0.2) is 0 Å². The zero-order valence-electron chi connectivity index (χ0n) is 11.1. The van der Waals surface area contributed by atoms with Gasteiger partial charge in [0.25, 0.3) is 0 Å². The van der Waals surface area contributed by atoms with Crippen molar-refractivity contribution < 1.29 is 15.0 Å². The molecular formula is C14H25NO3. The molecule has 104 valence electrons. The maximum atomic E-state index is 12.2. The summed E-state index contributed by atoms with van der Waals surface area (Å²) in [6.07, 6.45) is 6.86. The minimum Gasteiger partial charge on any atom is -0.396 e. The van der Waals surface area contributed by atoms with Crippen molar-refractivity contribution in [2.45, 2.75) is 57.0 Å². The SMILES string of the molecule is O=C(CC1(O)CCCCC1)N1CCC(CO)CC1. The first kappa shape index (κ1) is 13.8. The smallest absolute Gasteiger partial charge is 0.225 e. The number of rotatable bonds is 3. The second-order valence-electron chi connectivity index (χ2n) is 5.97. The van der Waals surface area contributed by atoms with Crippen molar-refractivity contribution in [3.8, 4) is 0 Å². The van der Waals surface area contributed by atoms with Gasteiger partial charge in [0.15, 0.2) is 0 Å². The standard InChI is InChI=1S/C14H25NO3/c16-11-12-4-8-15(9-5-12)13(17)10-14(18)6-2-1-3-7-14/h12,16,18H,1-11H2. The lowest BCUT2D eigenvalue weighted by molar-refractivity contribution is -0.139. The summed E-state index contributed by atoms with van der Waals surface area (Å²) >= 11 is 0. The maximum absolute atomic E-state index is 12.2. The molecule has 1 aliphatic heterocycles. The molecule has 2 fully saturated rings. The highest BCUT2D eigenvalue weighted by molar-refractivity contribution is 5.77. The summed E-state index contributed by atoms with van der Waals surface area (Å²) in [5.41, 5.74) is -0.747. The molecule has 2 rings (SSSR count). The molecular weight excluding hydrogens is 230 g/mol. The minimum atomic E-state index is -0.747. The molecule has 4 nitrogen and oxygen atoms in total. The Morgan fingerprint density at radius 1 is 1.17 bits per heavy atom. The molecule has 0 atom stereocenters. The molecule has 1 saturated carbocycles. The van der Waals surface area contributed by atoms with Crippen molar-refractivity contribution in [3.05, 3.63) is 0 Å². The van der Waals surface area contributed by atoms with Gasteiger partial charge in [0, 0.05) is 19.7 Å². The third kappa shape index (κ3) is 3.45. The van der Waals surface area contributed by atoms with Gasteiger partial charge >= 0.3 is 0 Å². The van der Waals surface area contributed by atoms with Crippen LogP contribution in [0, 0.1) is 5.92 Å². The van der Waals surface area contributed by atoms with E-state index in [1.165, 1.54) is 6.42 Å². The van der Waals surface area contributed by atoms with Crippen molar-refractivity contribution in [1.82, 2.24) is 4.90 Å². The molecule has 1 aliphatic carbocycles. The van der Waals surface area contributed by atoms with Crippen LogP contribution in [0.4, 0.5) is 0 Å². The van der Waals surface area contributed by atoms with E-state index in [0.717, 1.165) is 51.6 Å². The summed E-state index contributed by atoms with van der Waals surface area (Å²) in [6.45, 7) is 1.70. The van der Waals surface area contributed by atoms with E-state index in [9.17, 15) is 9.90 Å². The van der Waals surface area contributed by atoms with Gasteiger partial charge in [-0.3, -0.25) is 4.79 Å². The molecule has 18 heavy (non-hydrogen) atoms. The number of carbonyl (C=O) groups is 1. The van der Waals surface area contributed by atoms with Gasteiger partial charge in [0.2, 0.25) is 5.91 Å². The first-order valence-corrected chi connectivity index (χ1v) is 7.24. The van der Waals surface area contributed by atoms with E-state index in [4.69, 9.17) is 5.11 Å². The molecule has 0 aromatic carbocycles. The largest absolute Gasteiger partial charge is 0.396 e. The van der Waals surface area contributed by atoms with Crippen molar-refractivity contribution in [3.63, 3.8) is 0 Å². The normalized spacial score (nSPS) is 25.1. The number of aliphatic hydroxyl groups is 2. The quantitative estimate of drug-likeness (QED) is 0.799. The van der Waals surface area contributed by atoms with Crippen molar-refractivity contribution >= 4 is 5.91 Å². The van der Waals surface area contributed by atoms with Gasteiger partial charge < -0.3 is 15.1 Å². The summed E-state index contributed by atoms with van der Waals surface area (Å²) in [5.74, 6) is 0.447. The van der Waals surface area contributed by atoms with E-state index in [1.54, 1.807) is 0 Å². The van der Waals surface area contributed by atoms with Crippen molar-refractivity contribution in [2.24, 2.45) is 5.92 Å². The Bertz CT molecular complexity index is 279. The minimum absolute atomic E-state index is 0.0933. The Morgan fingerprint density at radius 2 is 1.78 bits per heavy atom. The molecule has 0 bridgehead atoms. The fourth-order valence-corrected chi connectivity index (χ4v) is 3.14. The molecule has 1 amide bonds. The number of piperidine rings is 1. The number of likely N-dealkylation sites (tertiary alicyclic amines) is 1. The van der Waals surface area contributed by atoms with E-state index in [2.05, 4.69) is 0 Å². The Balaban J connectivity index is 1.81. The van der Waals surface area contributed by atoms with Gasteiger partial charge in [-0.15, -0.1) is 0 Å². The van der Waals surface area contributed by atoms with Gasteiger partial charge in [-0.1, -0.05) is 19.3 Å². The Morgan fingerprint density at radius 3 is 2.33 bits per heavy atom. The molecule has 1 heterocycles. The molecule has 1 saturated heterocycles. The Labute approximate surface area is 109 Å². The average Bonchev–Trinajstić information content (AvgIpc) is 2.39. The summed E-state index contributed by atoms with van der Waals surface area (Å²) in [5, 5.41) is 19.5. The molecule has 0 aromatic heterocycles. The molecule has 0 aromatic rings. The number of hydrogen-bond donors (Lipinski definition) is 2. The lowest BCUT2D eigenvalue weighted by Crippen LogP contribution is -2.44. The summed E-state index contributed by atoms with van der Waals surface area (Å²) < 4.78 is 0. The van der Waals surface area contributed by atoms with Crippen molar-refractivity contribution in [2.75, 3.05) is 19.7 Å². The van der Waals surface area contributed by atoms with Crippen LogP contribution in [-0.2, 0) is 4.79 Å². The lowest BCUT2D eigenvalue weighted by Gasteiger charge is -2.36. The zero-order chi connectivity index (χ0) is 13.0. The van der Waals surface area contributed by atoms with Crippen LogP contribution in [-0.4, -0.2) is 46.3 Å². The number of aliphatic hydroxyl groups excluding tert-OH is 1. The van der Waals surface area contributed by atoms with E-state index in [1.807, 2.05) is 4.90 Å². The van der Waals surface area contributed by atoms with Gasteiger partial charge in [0.05, 0.1) is 12.0 Å². The third-order valence-electron chi connectivity index (χ3n) is 4.49. The van der Waals surface area contributed by atoms with Crippen LogP contribution in [0.3, 0.4) is 0 Å². The van der Waals surface area contributed by atoms with Crippen LogP contribution >= 0.6 is 0 Å². The van der Waals surface area contributed by atoms with E-state index >= 15 is 0 Å². The lowest BCUT2D eigenvalue weighted by atomic mass is 9.82. The molecule has 0 radical (unpaired) electrons. The number of nitrogens with zero attached hydrogens (tertiary/aromatic N) is 1. The molecule has 0 spiro atoms. The predicted molar refractivity (Wildman–Crippen MR) is 69.0 cm³/mol. The third-order valence-corrected chi connectivity index (χ3v) is 4.49. The van der Waals surface area contributed by atoms with Crippen LogP contribution in [0.1, 0.15) is 51.4 Å². The van der Waals surface area contributed by atoms with Crippen LogP contribution in [0.5, 0.6) is 0 Å². The summed E-state index contributed by atoms with van der Waals surface area (Å²) in [4.78, 5) is 14.0. The van der Waals surface area contributed by atoms with E-state index in [0.29, 0.717) is 5.92 Å². The fourth-order valence-electron chi connectivity index (χ4n) is 3.14. The number of amides is 1. The average molecular weight is 255 g/mol. The monoisotopic (exact) mass is 255 g/mol.